The second kappa shape index (κ2) is 4.14. The van der Waals surface area contributed by atoms with E-state index in [2.05, 4.69) is 28.3 Å². The second-order valence-electron chi connectivity index (χ2n) is 3.60. The molecule has 3 nitrogen and oxygen atoms in total. The maximum Gasteiger partial charge on any atom is 0.0890 e. The topological polar surface area (TPSA) is 41.0 Å². The van der Waals surface area contributed by atoms with Gasteiger partial charge in [-0.2, -0.15) is 0 Å². The summed E-state index contributed by atoms with van der Waals surface area (Å²) in [6.45, 7) is 9.29. The number of nitrogens with zero attached hydrogens (tertiary/aromatic N) is 2. The van der Waals surface area contributed by atoms with Crippen molar-refractivity contribution < 1.29 is 0 Å². The van der Waals surface area contributed by atoms with Crippen LogP contribution in [0.3, 0.4) is 0 Å². The fraction of sp³-hybridized carbons (Fsp3) is 0.0769. The Morgan fingerprint density at radius 2 is 2.25 bits per heavy atom. The van der Waals surface area contributed by atoms with Crippen molar-refractivity contribution in [3.8, 4) is 11.4 Å². The monoisotopic (exact) mass is 211 g/mol. The van der Waals surface area contributed by atoms with Crippen molar-refractivity contribution in [2.75, 3.05) is 0 Å². The Morgan fingerprint density at radius 3 is 2.88 bits per heavy atom. The van der Waals surface area contributed by atoms with E-state index >= 15 is 0 Å². The molecule has 2 heterocycles. The fourth-order valence-corrected chi connectivity index (χ4v) is 1.52. The summed E-state index contributed by atoms with van der Waals surface area (Å²) in [4.78, 5) is 11.4. The standard InChI is InChI=1S/C13H13N3/c1-9-7-12(10(2)14-3)16-13(8-9)11-5-4-6-15-11/h4-8,15H,2-3H2,1H3. The molecule has 16 heavy (non-hydrogen) atoms. The molecule has 0 radical (unpaired) electrons. The van der Waals surface area contributed by atoms with Crippen LogP contribution < -0.4 is 0 Å². The normalized spacial score (nSPS) is 10.1. The van der Waals surface area contributed by atoms with Crippen LogP contribution in [0.2, 0.25) is 0 Å². The fourth-order valence-electron chi connectivity index (χ4n) is 1.52. The number of H-pyrrole nitrogens is 1. The summed E-state index contributed by atoms with van der Waals surface area (Å²) in [6, 6.07) is 7.89. The molecule has 0 aliphatic heterocycles. The number of hydrogen-bond donors (Lipinski definition) is 1. The molecule has 2 aromatic heterocycles. The summed E-state index contributed by atoms with van der Waals surface area (Å²) in [5.41, 5.74) is 4.36. The Morgan fingerprint density at radius 1 is 1.44 bits per heavy atom. The molecule has 2 rings (SSSR count). The van der Waals surface area contributed by atoms with Crippen molar-refractivity contribution in [1.82, 2.24) is 9.97 Å². The molecular formula is C13H13N3. The number of pyridine rings is 1. The van der Waals surface area contributed by atoms with E-state index in [1.54, 1.807) is 0 Å². The van der Waals surface area contributed by atoms with Gasteiger partial charge in [0.1, 0.15) is 0 Å². The first-order valence-corrected chi connectivity index (χ1v) is 4.99. The molecule has 0 saturated carbocycles. The number of hydrogen-bond acceptors (Lipinski definition) is 2. The van der Waals surface area contributed by atoms with Crippen LogP contribution in [0.4, 0.5) is 0 Å². The second-order valence-corrected chi connectivity index (χ2v) is 3.60. The van der Waals surface area contributed by atoms with Crippen LogP contribution in [0.15, 0.2) is 42.0 Å². The molecule has 1 N–H and O–H groups in total. The average molecular weight is 211 g/mol. The Bertz CT molecular complexity index is 524. The van der Waals surface area contributed by atoms with Crippen molar-refractivity contribution in [1.29, 1.82) is 0 Å². The van der Waals surface area contributed by atoms with E-state index < -0.39 is 0 Å². The van der Waals surface area contributed by atoms with E-state index in [1.165, 1.54) is 0 Å². The van der Waals surface area contributed by atoms with Crippen molar-refractivity contribution >= 4 is 12.4 Å². The smallest absolute Gasteiger partial charge is 0.0890 e. The number of aromatic amines is 1. The molecule has 0 aromatic carbocycles. The summed E-state index contributed by atoms with van der Waals surface area (Å²) in [6.07, 6.45) is 1.87. The summed E-state index contributed by atoms with van der Waals surface area (Å²) in [7, 11) is 0. The highest BCUT2D eigenvalue weighted by Gasteiger charge is 2.05. The summed E-state index contributed by atoms with van der Waals surface area (Å²) in [5, 5.41) is 0. The zero-order valence-corrected chi connectivity index (χ0v) is 9.20. The third kappa shape index (κ3) is 1.93. The average Bonchev–Trinajstić information content (AvgIpc) is 2.80. The van der Waals surface area contributed by atoms with Gasteiger partial charge in [-0.3, -0.25) is 4.99 Å². The summed E-state index contributed by atoms with van der Waals surface area (Å²) >= 11 is 0. The third-order valence-electron chi connectivity index (χ3n) is 2.33. The number of rotatable bonds is 3. The molecule has 0 bridgehead atoms. The zero-order valence-electron chi connectivity index (χ0n) is 9.20. The highest BCUT2D eigenvalue weighted by atomic mass is 14.8. The van der Waals surface area contributed by atoms with Gasteiger partial charge in [-0.1, -0.05) is 6.58 Å². The zero-order chi connectivity index (χ0) is 11.5. The molecule has 0 amide bonds. The SMILES string of the molecule is C=NC(=C)c1cc(C)cc(-c2ccc[nH]2)n1. The van der Waals surface area contributed by atoms with Crippen LogP contribution >= 0.6 is 0 Å². The van der Waals surface area contributed by atoms with Gasteiger partial charge in [-0.05, 0) is 43.5 Å². The lowest BCUT2D eigenvalue weighted by Gasteiger charge is -2.04. The molecule has 0 spiro atoms. The first kappa shape index (κ1) is 10.4. The minimum Gasteiger partial charge on any atom is -0.360 e. The van der Waals surface area contributed by atoms with Crippen LogP contribution in [-0.2, 0) is 0 Å². The first-order chi connectivity index (χ1) is 7.70. The van der Waals surface area contributed by atoms with Crippen molar-refractivity contribution in [3.05, 3.63) is 48.3 Å². The number of aliphatic imine (C=N–C) groups is 1. The third-order valence-corrected chi connectivity index (χ3v) is 2.33. The predicted octanol–water partition coefficient (Wildman–Crippen LogP) is 3.06. The summed E-state index contributed by atoms with van der Waals surface area (Å²) < 4.78 is 0. The first-order valence-electron chi connectivity index (χ1n) is 4.99. The van der Waals surface area contributed by atoms with Gasteiger partial charge in [0.05, 0.1) is 22.8 Å². The molecule has 2 aromatic rings. The largest absolute Gasteiger partial charge is 0.360 e. The lowest BCUT2D eigenvalue weighted by molar-refractivity contribution is 1.21. The van der Waals surface area contributed by atoms with E-state index in [0.717, 1.165) is 22.6 Å². The Balaban J connectivity index is 2.52. The Kier molecular flexibility index (Phi) is 2.68. The lowest BCUT2D eigenvalue weighted by atomic mass is 10.1. The minimum atomic E-state index is 0.594. The van der Waals surface area contributed by atoms with Gasteiger partial charge in [0, 0.05) is 6.20 Å². The lowest BCUT2D eigenvalue weighted by Crippen LogP contribution is -1.92. The molecule has 0 fully saturated rings. The van der Waals surface area contributed by atoms with Gasteiger partial charge < -0.3 is 4.98 Å². The molecular weight excluding hydrogens is 198 g/mol. The van der Waals surface area contributed by atoms with Crippen molar-refractivity contribution in [2.45, 2.75) is 6.92 Å². The van der Waals surface area contributed by atoms with Gasteiger partial charge in [0.2, 0.25) is 0 Å². The van der Waals surface area contributed by atoms with E-state index in [-0.39, 0.29) is 0 Å². The maximum absolute atomic E-state index is 4.48. The van der Waals surface area contributed by atoms with Crippen molar-refractivity contribution in [3.63, 3.8) is 0 Å². The van der Waals surface area contributed by atoms with Gasteiger partial charge in [0.25, 0.3) is 0 Å². The highest BCUT2D eigenvalue weighted by Crippen LogP contribution is 2.20. The summed E-state index contributed by atoms with van der Waals surface area (Å²) in [5.74, 6) is 0. The van der Waals surface area contributed by atoms with Gasteiger partial charge in [-0.15, -0.1) is 0 Å². The highest BCUT2D eigenvalue weighted by molar-refractivity contribution is 5.66. The van der Waals surface area contributed by atoms with Gasteiger partial charge >= 0.3 is 0 Å². The Labute approximate surface area is 94.6 Å². The number of aromatic nitrogens is 2. The Hall–Kier alpha value is -2.16. The molecule has 80 valence electrons. The quantitative estimate of drug-likeness (QED) is 0.779. The minimum absolute atomic E-state index is 0.594. The van der Waals surface area contributed by atoms with Crippen LogP contribution in [0.25, 0.3) is 17.1 Å². The molecule has 0 unspecified atom stereocenters. The van der Waals surface area contributed by atoms with Gasteiger partial charge in [0.15, 0.2) is 0 Å². The van der Waals surface area contributed by atoms with E-state index in [9.17, 15) is 0 Å². The van der Waals surface area contributed by atoms with E-state index in [1.807, 2.05) is 37.4 Å². The van der Waals surface area contributed by atoms with E-state index in [0.29, 0.717) is 5.70 Å². The molecule has 0 atom stereocenters. The molecule has 0 aliphatic carbocycles. The number of nitrogens with one attached hydrogen (secondary N) is 1. The maximum atomic E-state index is 4.48. The van der Waals surface area contributed by atoms with Crippen molar-refractivity contribution in [2.24, 2.45) is 4.99 Å². The predicted molar refractivity (Wildman–Crippen MR) is 67.3 cm³/mol. The van der Waals surface area contributed by atoms with Crippen LogP contribution in [0.5, 0.6) is 0 Å². The van der Waals surface area contributed by atoms with E-state index in [4.69, 9.17) is 0 Å². The molecule has 0 saturated heterocycles. The number of aryl methyl sites for hydroxylation is 1. The molecule has 3 heteroatoms. The van der Waals surface area contributed by atoms with Crippen LogP contribution in [0, 0.1) is 6.92 Å². The van der Waals surface area contributed by atoms with Crippen LogP contribution in [0.1, 0.15) is 11.3 Å². The van der Waals surface area contributed by atoms with Gasteiger partial charge in [-0.25, -0.2) is 4.98 Å². The molecule has 0 aliphatic rings. The van der Waals surface area contributed by atoms with Crippen LogP contribution in [-0.4, -0.2) is 16.7 Å².